The van der Waals surface area contributed by atoms with Crippen molar-refractivity contribution in [1.29, 1.82) is 0 Å². The number of fused-ring (bicyclic) bond motifs is 1. The quantitative estimate of drug-likeness (QED) is 0.463. The minimum absolute atomic E-state index is 0.0340. The van der Waals surface area contributed by atoms with Gasteiger partial charge in [-0.1, -0.05) is 44.7 Å². The van der Waals surface area contributed by atoms with E-state index in [1.165, 1.54) is 6.42 Å². The van der Waals surface area contributed by atoms with Crippen LogP contribution in [-0.4, -0.2) is 48.7 Å². The summed E-state index contributed by atoms with van der Waals surface area (Å²) in [6.07, 6.45) is 5.67. The third-order valence-electron chi connectivity index (χ3n) is 6.87. The SMILES string of the molecule is CCOC(=O)Cn1nnnc1[C@H](C(C)C)N(Cc1cc2cc(C)ccc2[nH]c1=O)C1CCCCC1. The Morgan fingerprint density at radius 2 is 2.00 bits per heavy atom. The minimum atomic E-state index is -0.367. The molecule has 2 aromatic heterocycles. The van der Waals surface area contributed by atoms with Gasteiger partial charge in [0.05, 0.1) is 12.6 Å². The lowest BCUT2D eigenvalue weighted by Crippen LogP contribution is -2.43. The first kappa shape index (κ1) is 25.0. The summed E-state index contributed by atoms with van der Waals surface area (Å²) >= 11 is 0. The number of ether oxygens (including phenoxy) is 1. The molecule has 0 unspecified atom stereocenters. The molecule has 0 saturated heterocycles. The Balaban J connectivity index is 1.74. The van der Waals surface area contributed by atoms with Gasteiger partial charge in [0, 0.05) is 23.7 Å². The summed E-state index contributed by atoms with van der Waals surface area (Å²) in [5.41, 5.74) is 2.64. The summed E-state index contributed by atoms with van der Waals surface area (Å²) in [5, 5.41) is 13.4. The normalized spacial score (nSPS) is 15.7. The van der Waals surface area contributed by atoms with Gasteiger partial charge in [-0.25, -0.2) is 4.68 Å². The molecule has 9 nitrogen and oxygen atoms in total. The van der Waals surface area contributed by atoms with Gasteiger partial charge < -0.3 is 9.72 Å². The number of esters is 1. The standard InChI is InChI=1S/C26H36N6O3/c1-5-35-23(33)16-32-25(28-29-30-32)24(17(2)3)31(21-9-7-6-8-10-21)15-20-14-19-13-18(4)11-12-22(19)27-26(20)34/h11-14,17,21,24H,5-10,15-16H2,1-4H3,(H,27,34)/t24-/m0/s1. The number of hydrogen-bond acceptors (Lipinski definition) is 7. The molecule has 3 aromatic rings. The molecule has 1 atom stereocenters. The zero-order chi connectivity index (χ0) is 24.9. The molecule has 1 aliphatic carbocycles. The molecule has 188 valence electrons. The number of carbonyl (C=O) groups excluding carboxylic acids is 1. The number of aryl methyl sites for hydroxylation is 1. The molecule has 0 amide bonds. The van der Waals surface area contributed by atoms with Crippen LogP contribution in [0.1, 0.15) is 75.9 Å². The molecule has 4 rings (SSSR count). The summed E-state index contributed by atoms with van der Waals surface area (Å²) in [6, 6.07) is 8.21. The molecule has 9 heteroatoms. The number of tetrazole rings is 1. The number of nitrogens with one attached hydrogen (secondary N) is 1. The first-order chi connectivity index (χ1) is 16.9. The predicted molar refractivity (Wildman–Crippen MR) is 134 cm³/mol. The van der Waals surface area contributed by atoms with Crippen molar-refractivity contribution in [2.45, 2.75) is 85.0 Å². The van der Waals surface area contributed by atoms with Crippen LogP contribution in [0.15, 0.2) is 29.1 Å². The highest BCUT2D eigenvalue weighted by atomic mass is 16.5. The van der Waals surface area contributed by atoms with Crippen molar-refractivity contribution in [1.82, 2.24) is 30.1 Å². The van der Waals surface area contributed by atoms with Gasteiger partial charge in [-0.15, -0.1) is 5.10 Å². The van der Waals surface area contributed by atoms with Crippen LogP contribution in [0.4, 0.5) is 0 Å². The number of benzene rings is 1. The number of nitrogens with zero attached hydrogens (tertiary/aromatic N) is 5. The smallest absolute Gasteiger partial charge is 0.327 e. The first-order valence-corrected chi connectivity index (χ1v) is 12.7. The van der Waals surface area contributed by atoms with Crippen LogP contribution in [0.2, 0.25) is 0 Å². The molecule has 1 N–H and O–H groups in total. The average molecular weight is 481 g/mol. The van der Waals surface area contributed by atoms with Crippen LogP contribution in [0.5, 0.6) is 0 Å². The van der Waals surface area contributed by atoms with Gasteiger partial charge in [-0.3, -0.25) is 14.5 Å². The van der Waals surface area contributed by atoms with E-state index in [2.05, 4.69) is 52.2 Å². The summed E-state index contributed by atoms with van der Waals surface area (Å²) in [7, 11) is 0. The van der Waals surface area contributed by atoms with Crippen molar-refractivity contribution in [3.8, 4) is 0 Å². The van der Waals surface area contributed by atoms with Crippen molar-refractivity contribution in [3.05, 3.63) is 51.6 Å². The van der Waals surface area contributed by atoms with Gasteiger partial charge in [0.1, 0.15) is 6.54 Å². The van der Waals surface area contributed by atoms with E-state index in [9.17, 15) is 9.59 Å². The summed E-state index contributed by atoms with van der Waals surface area (Å²) in [5.74, 6) is 0.423. The third kappa shape index (κ3) is 5.78. The second kappa shape index (κ2) is 11.1. The Morgan fingerprint density at radius 1 is 1.23 bits per heavy atom. The highest BCUT2D eigenvalue weighted by Gasteiger charge is 2.35. The van der Waals surface area contributed by atoms with E-state index in [4.69, 9.17) is 4.74 Å². The number of pyridine rings is 1. The molecule has 1 fully saturated rings. The summed E-state index contributed by atoms with van der Waals surface area (Å²) < 4.78 is 6.68. The maximum atomic E-state index is 13.1. The zero-order valence-corrected chi connectivity index (χ0v) is 21.2. The average Bonchev–Trinajstić information content (AvgIpc) is 3.27. The van der Waals surface area contributed by atoms with Crippen molar-refractivity contribution in [2.24, 2.45) is 5.92 Å². The van der Waals surface area contributed by atoms with Gasteiger partial charge in [0.15, 0.2) is 5.82 Å². The first-order valence-electron chi connectivity index (χ1n) is 12.7. The number of aromatic nitrogens is 5. The van der Waals surface area contributed by atoms with Crippen LogP contribution in [-0.2, 0) is 22.6 Å². The highest BCUT2D eigenvalue weighted by Crippen LogP contribution is 2.35. The molecule has 1 aromatic carbocycles. The molecule has 1 aliphatic rings. The van der Waals surface area contributed by atoms with E-state index in [-0.39, 0.29) is 30.0 Å². The van der Waals surface area contributed by atoms with E-state index >= 15 is 0 Å². The van der Waals surface area contributed by atoms with Crippen molar-refractivity contribution in [3.63, 3.8) is 0 Å². The van der Waals surface area contributed by atoms with Gasteiger partial charge in [-0.05, 0) is 66.6 Å². The fourth-order valence-corrected chi connectivity index (χ4v) is 5.25. The maximum absolute atomic E-state index is 13.1. The largest absolute Gasteiger partial charge is 0.465 e. The van der Waals surface area contributed by atoms with Crippen molar-refractivity contribution >= 4 is 16.9 Å². The molecule has 2 heterocycles. The van der Waals surface area contributed by atoms with E-state index in [1.807, 2.05) is 18.2 Å². The lowest BCUT2D eigenvalue weighted by atomic mass is 9.90. The summed E-state index contributed by atoms with van der Waals surface area (Å²) in [6.45, 7) is 8.87. The van der Waals surface area contributed by atoms with Crippen molar-refractivity contribution < 1.29 is 9.53 Å². The fraction of sp³-hybridized carbons (Fsp3) is 0.577. The van der Waals surface area contributed by atoms with Gasteiger partial charge in [0.25, 0.3) is 5.56 Å². The zero-order valence-electron chi connectivity index (χ0n) is 21.2. The van der Waals surface area contributed by atoms with E-state index in [0.717, 1.165) is 47.7 Å². The molecule has 35 heavy (non-hydrogen) atoms. The minimum Gasteiger partial charge on any atom is -0.465 e. The fourth-order valence-electron chi connectivity index (χ4n) is 5.25. The molecule has 1 saturated carbocycles. The summed E-state index contributed by atoms with van der Waals surface area (Å²) in [4.78, 5) is 30.8. The predicted octanol–water partition coefficient (Wildman–Crippen LogP) is 3.92. The van der Waals surface area contributed by atoms with Crippen LogP contribution in [0.25, 0.3) is 10.9 Å². The molecule has 0 bridgehead atoms. The Hall–Kier alpha value is -3.07. The molecule has 0 aliphatic heterocycles. The monoisotopic (exact) mass is 480 g/mol. The van der Waals surface area contributed by atoms with Crippen molar-refractivity contribution in [2.75, 3.05) is 6.61 Å². The topological polar surface area (TPSA) is 106 Å². The lowest BCUT2D eigenvalue weighted by Gasteiger charge is -2.41. The lowest BCUT2D eigenvalue weighted by molar-refractivity contribution is -0.144. The number of aromatic amines is 1. The molecular weight excluding hydrogens is 444 g/mol. The Morgan fingerprint density at radius 3 is 2.71 bits per heavy atom. The number of rotatable bonds is 9. The van der Waals surface area contributed by atoms with Crippen LogP contribution in [0, 0.1) is 12.8 Å². The Kier molecular flexibility index (Phi) is 7.95. The van der Waals surface area contributed by atoms with E-state index in [0.29, 0.717) is 25.0 Å². The maximum Gasteiger partial charge on any atom is 0.327 e. The number of H-pyrrole nitrogens is 1. The third-order valence-corrected chi connectivity index (χ3v) is 6.87. The molecule has 0 radical (unpaired) electrons. The number of carbonyl (C=O) groups is 1. The number of hydrogen-bond donors (Lipinski definition) is 1. The van der Waals surface area contributed by atoms with E-state index < -0.39 is 0 Å². The second-order valence-electron chi connectivity index (χ2n) is 9.87. The van der Waals surface area contributed by atoms with Crippen LogP contribution < -0.4 is 5.56 Å². The van der Waals surface area contributed by atoms with E-state index in [1.54, 1.807) is 11.6 Å². The highest BCUT2D eigenvalue weighted by molar-refractivity contribution is 5.79. The van der Waals surface area contributed by atoms with Gasteiger partial charge in [0.2, 0.25) is 0 Å². The Bertz CT molecular complexity index is 1210. The van der Waals surface area contributed by atoms with Crippen LogP contribution >= 0.6 is 0 Å². The van der Waals surface area contributed by atoms with Gasteiger partial charge >= 0.3 is 5.97 Å². The van der Waals surface area contributed by atoms with Crippen LogP contribution in [0.3, 0.4) is 0 Å². The second-order valence-corrected chi connectivity index (χ2v) is 9.87. The Labute approximate surface area is 205 Å². The molecular formula is C26H36N6O3. The molecule has 0 spiro atoms. The van der Waals surface area contributed by atoms with Gasteiger partial charge in [-0.2, -0.15) is 0 Å².